The summed E-state index contributed by atoms with van der Waals surface area (Å²) in [6.07, 6.45) is 0. The van der Waals surface area contributed by atoms with Crippen molar-refractivity contribution >= 4 is 35.6 Å². The molecule has 1 aromatic carbocycles. The molecule has 1 aromatic rings. The second-order valence-electron chi connectivity index (χ2n) is 7.79. The van der Waals surface area contributed by atoms with E-state index in [0.29, 0.717) is 17.9 Å². The van der Waals surface area contributed by atoms with Gasteiger partial charge in [-0.05, 0) is 40.0 Å². The fourth-order valence-corrected chi connectivity index (χ4v) is 3.80. The lowest BCUT2D eigenvalue weighted by molar-refractivity contribution is -0.141. The molecule has 0 saturated heterocycles. The van der Waals surface area contributed by atoms with Crippen molar-refractivity contribution < 1.29 is 19.0 Å². The molecule has 0 aromatic heterocycles. The van der Waals surface area contributed by atoms with Crippen molar-refractivity contribution in [3.63, 3.8) is 0 Å². The summed E-state index contributed by atoms with van der Waals surface area (Å²) in [6, 6.07) is 3.76. The predicted molar refractivity (Wildman–Crippen MR) is 99.3 cm³/mol. The monoisotopic (exact) mass is 417 g/mol. The van der Waals surface area contributed by atoms with Gasteiger partial charge in [-0.1, -0.05) is 33.5 Å². The molecule has 0 saturated carbocycles. The second-order valence-corrected chi connectivity index (χ2v) is 14.3. The van der Waals surface area contributed by atoms with Gasteiger partial charge in [-0.2, -0.15) is 0 Å². The quantitative estimate of drug-likeness (QED) is 0.559. The fraction of sp³-hybridized carbons (Fsp3) is 0.588. The first-order valence-electron chi connectivity index (χ1n) is 8.10. The number of hydrogen-bond acceptors (Lipinski definition) is 3. The summed E-state index contributed by atoms with van der Waals surface area (Å²) in [5.41, 5.74) is -0.923. The first-order valence-corrected chi connectivity index (χ1v) is 12.6. The van der Waals surface area contributed by atoms with Crippen LogP contribution in [0.2, 0.25) is 25.7 Å². The maximum absolute atomic E-state index is 14.0. The zero-order chi connectivity index (χ0) is 18.3. The number of halogens is 2. The van der Waals surface area contributed by atoms with E-state index in [4.69, 9.17) is 4.74 Å². The maximum Gasteiger partial charge on any atom is 0.265 e. The number of carbonyl (C=O) groups excluding carboxylic acids is 1. The average Bonchev–Trinajstić information content (AvgIpc) is 2.66. The third-order valence-electron chi connectivity index (χ3n) is 4.36. The molecule has 1 atom stereocenters. The van der Waals surface area contributed by atoms with E-state index in [1.807, 2.05) is 0 Å². The lowest BCUT2D eigenvalue weighted by Crippen LogP contribution is -2.44. The van der Waals surface area contributed by atoms with Crippen molar-refractivity contribution in [3.8, 4) is 0 Å². The second kappa shape index (κ2) is 6.86. The molecule has 7 heteroatoms. The standard InChI is InChI=1S/C17H25BrFNO3Si/c1-11(2)17(22)12-8-14(19)13(18)9-15(12)20(16(17)21)10-23-6-7-24(3,4)5/h8-9,11,22H,6-7,10H2,1-5H3. The predicted octanol–water partition coefficient (Wildman–Crippen LogP) is 4.09. The van der Waals surface area contributed by atoms with Gasteiger partial charge >= 0.3 is 0 Å². The Kier molecular flexibility index (Phi) is 5.59. The van der Waals surface area contributed by atoms with Crippen molar-refractivity contribution in [3.05, 3.63) is 28.0 Å². The molecule has 1 heterocycles. The molecule has 134 valence electrons. The van der Waals surface area contributed by atoms with Crippen LogP contribution in [0.4, 0.5) is 10.1 Å². The Balaban J connectivity index is 2.28. The Morgan fingerprint density at radius 3 is 2.54 bits per heavy atom. The maximum atomic E-state index is 14.0. The molecule has 1 aliphatic heterocycles. The third-order valence-corrected chi connectivity index (χ3v) is 6.68. The van der Waals surface area contributed by atoms with Crippen molar-refractivity contribution in [1.82, 2.24) is 0 Å². The van der Waals surface area contributed by atoms with Crippen LogP contribution in [0.3, 0.4) is 0 Å². The minimum absolute atomic E-state index is 0.0589. The van der Waals surface area contributed by atoms with Crippen molar-refractivity contribution in [1.29, 1.82) is 0 Å². The zero-order valence-electron chi connectivity index (χ0n) is 14.8. The minimum Gasteiger partial charge on any atom is -0.375 e. The summed E-state index contributed by atoms with van der Waals surface area (Å²) in [7, 11) is -1.22. The molecule has 24 heavy (non-hydrogen) atoms. The molecule has 0 radical (unpaired) electrons. The highest BCUT2D eigenvalue weighted by Crippen LogP contribution is 2.46. The Morgan fingerprint density at radius 2 is 2.00 bits per heavy atom. The van der Waals surface area contributed by atoms with E-state index in [1.54, 1.807) is 13.8 Å². The number of fused-ring (bicyclic) bond motifs is 1. The summed E-state index contributed by atoms with van der Waals surface area (Å²) in [5, 5.41) is 10.9. The van der Waals surface area contributed by atoms with Crippen LogP contribution >= 0.6 is 15.9 Å². The normalized spacial score (nSPS) is 20.9. The van der Waals surface area contributed by atoms with Gasteiger partial charge in [0.15, 0.2) is 5.60 Å². The first-order chi connectivity index (χ1) is 11.0. The van der Waals surface area contributed by atoms with E-state index < -0.39 is 25.4 Å². The minimum atomic E-state index is -1.72. The van der Waals surface area contributed by atoms with Crippen LogP contribution < -0.4 is 4.90 Å². The zero-order valence-corrected chi connectivity index (χ0v) is 17.4. The molecule has 2 rings (SSSR count). The van der Waals surface area contributed by atoms with E-state index >= 15 is 0 Å². The van der Waals surface area contributed by atoms with Crippen molar-refractivity contribution in [2.75, 3.05) is 18.2 Å². The molecule has 1 N–H and O–H groups in total. The number of rotatable bonds is 6. The highest BCUT2D eigenvalue weighted by Gasteiger charge is 2.52. The van der Waals surface area contributed by atoms with Gasteiger partial charge in [-0.15, -0.1) is 0 Å². The summed E-state index contributed by atoms with van der Waals surface area (Å²) in [5.74, 6) is -1.34. The van der Waals surface area contributed by atoms with Crippen LogP contribution in [0.5, 0.6) is 0 Å². The van der Waals surface area contributed by atoms with Gasteiger partial charge in [0.2, 0.25) is 0 Å². The van der Waals surface area contributed by atoms with Crippen LogP contribution in [-0.2, 0) is 15.1 Å². The van der Waals surface area contributed by atoms with E-state index in [9.17, 15) is 14.3 Å². The van der Waals surface area contributed by atoms with Crippen molar-refractivity contribution in [2.24, 2.45) is 5.92 Å². The van der Waals surface area contributed by atoms with Crippen molar-refractivity contribution in [2.45, 2.75) is 45.1 Å². The highest BCUT2D eigenvalue weighted by atomic mass is 79.9. The van der Waals surface area contributed by atoms with Gasteiger partial charge in [0.25, 0.3) is 5.91 Å². The molecule has 4 nitrogen and oxygen atoms in total. The van der Waals surface area contributed by atoms with Crippen LogP contribution in [0.1, 0.15) is 19.4 Å². The molecule has 1 unspecified atom stereocenters. The Labute approximate surface area is 152 Å². The van der Waals surface area contributed by atoms with Gasteiger partial charge in [0.1, 0.15) is 12.5 Å². The average molecular weight is 418 g/mol. The lowest BCUT2D eigenvalue weighted by Gasteiger charge is -2.27. The van der Waals surface area contributed by atoms with E-state index in [0.717, 1.165) is 6.04 Å². The molecule has 0 aliphatic carbocycles. The molecular weight excluding hydrogens is 393 g/mol. The Morgan fingerprint density at radius 1 is 1.38 bits per heavy atom. The first kappa shape index (κ1) is 19.6. The molecule has 0 bridgehead atoms. The van der Waals surface area contributed by atoms with Gasteiger partial charge in [0.05, 0.1) is 10.2 Å². The lowest BCUT2D eigenvalue weighted by atomic mass is 9.84. The molecular formula is C17H25BrFNO3Si. The van der Waals surface area contributed by atoms with E-state index in [-0.39, 0.29) is 17.1 Å². The topological polar surface area (TPSA) is 49.8 Å². The Bertz CT molecular complexity index is 647. The summed E-state index contributed by atoms with van der Waals surface area (Å²) in [4.78, 5) is 14.2. The van der Waals surface area contributed by atoms with Gasteiger partial charge < -0.3 is 9.84 Å². The summed E-state index contributed by atoms with van der Waals surface area (Å²) < 4.78 is 19.9. The van der Waals surface area contributed by atoms with Crippen LogP contribution in [0.25, 0.3) is 0 Å². The van der Waals surface area contributed by atoms with Gasteiger partial charge in [-0.25, -0.2) is 4.39 Å². The summed E-state index contributed by atoms with van der Waals surface area (Å²) in [6.45, 7) is 10.9. The molecule has 0 fully saturated rings. The number of nitrogens with zero attached hydrogens (tertiary/aromatic N) is 1. The smallest absolute Gasteiger partial charge is 0.265 e. The summed E-state index contributed by atoms with van der Waals surface area (Å²) >= 11 is 3.15. The van der Waals surface area contributed by atoms with Gasteiger partial charge in [-0.3, -0.25) is 9.69 Å². The van der Waals surface area contributed by atoms with Gasteiger partial charge in [0, 0.05) is 20.2 Å². The van der Waals surface area contributed by atoms with E-state index in [2.05, 4.69) is 35.6 Å². The SMILES string of the molecule is CC(C)C1(O)C(=O)N(COCC[Si](C)(C)C)c2cc(Br)c(F)cc21. The van der Waals surface area contributed by atoms with Crippen LogP contribution in [0.15, 0.2) is 16.6 Å². The van der Waals surface area contributed by atoms with Crippen LogP contribution in [0, 0.1) is 11.7 Å². The number of ether oxygens (including phenoxy) is 1. The molecule has 1 amide bonds. The highest BCUT2D eigenvalue weighted by molar-refractivity contribution is 9.10. The van der Waals surface area contributed by atoms with E-state index in [1.165, 1.54) is 17.0 Å². The third kappa shape index (κ3) is 3.59. The molecule has 0 spiro atoms. The fourth-order valence-electron chi connectivity index (χ4n) is 2.72. The van der Waals surface area contributed by atoms with Crippen LogP contribution in [-0.4, -0.2) is 32.4 Å². The number of amides is 1. The molecule has 1 aliphatic rings. The largest absolute Gasteiger partial charge is 0.375 e. The number of benzene rings is 1. The number of anilines is 1. The number of hydrogen-bond donors (Lipinski definition) is 1. The Hall–Kier alpha value is -0.763. The number of aliphatic hydroxyl groups is 1. The number of carbonyl (C=O) groups is 1.